The fourth-order valence-corrected chi connectivity index (χ4v) is 2.42. The van der Waals surface area contributed by atoms with Crippen LogP contribution in [0.2, 0.25) is 0 Å². The van der Waals surface area contributed by atoms with Gasteiger partial charge in [0.05, 0.1) is 0 Å². The number of halogens is 1. The molecule has 2 atom stereocenters. The molecular formula is C15H20BrN3O2. The minimum atomic E-state index is -0.390. The van der Waals surface area contributed by atoms with Crippen molar-refractivity contribution < 1.29 is 9.47 Å². The van der Waals surface area contributed by atoms with Crippen molar-refractivity contribution >= 4 is 15.9 Å². The summed E-state index contributed by atoms with van der Waals surface area (Å²) < 4.78 is 14.5. The van der Waals surface area contributed by atoms with Crippen LogP contribution in [0.15, 0.2) is 41.4 Å². The van der Waals surface area contributed by atoms with E-state index in [0.29, 0.717) is 0 Å². The molecule has 1 aromatic heterocycles. The van der Waals surface area contributed by atoms with Crippen LogP contribution in [0, 0.1) is 5.41 Å². The maximum absolute atomic E-state index is 6.11. The summed E-state index contributed by atoms with van der Waals surface area (Å²) in [6.07, 6.45) is 2.57. The van der Waals surface area contributed by atoms with Gasteiger partial charge in [0.2, 0.25) is 6.23 Å². The number of hydrogen-bond donors (Lipinski definition) is 0. The van der Waals surface area contributed by atoms with E-state index in [1.54, 1.807) is 18.1 Å². The highest BCUT2D eigenvalue weighted by Gasteiger charge is 2.35. The normalized spacial score (nSPS) is 14.7. The summed E-state index contributed by atoms with van der Waals surface area (Å²) in [6.45, 7) is 6.32. The summed E-state index contributed by atoms with van der Waals surface area (Å²) in [6, 6.07) is 7.69. The highest BCUT2D eigenvalue weighted by Crippen LogP contribution is 2.32. The molecule has 1 heterocycles. The van der Waals surface area contributed by atoms with E-state index in [2.05, 4.69) is 46.8 Å². The van der Waals surface area contributed by atoms with Gasteiger partial charge in [-0.3, -0.25) is 0 Å². The Morgan fingerprint density at radius 3 is 2.33 bits per heavy atom. The van der Waals surface area contributed by atoms with E-state index in [9.17, 15) is 0 Å². The lowest BCUT2D eigenvalue weighted by Gasteiger charge is -2.35. The van der Waals surface area contributed by atoms with Crippen molar-refractivity contribution in [3.8, 4) is 5.75 Å². The predicted molar refractivity (Wildman–Crippen MR) is 84.1 cm³/mol. The van der Waals surface area contributed by atoms with Crippen LogP contribution >= 0.6 is 15.9 Å². The van der Waals surface area contributed by atoms with E-state index in [1.165, 1.54) is 6.33 Å². The standard InChI is InChI=1S/C15H20BrN3O2/c1-15(2,3)13(20-4)14(19-10-17-9-18-19)21-12-7-5-11(16)6-8-12/h5-10,13-14H,1-4H3. The van der Waals surface area contributed by atoms with Crippen LogP contribution < -0.4 is 4.74 Å². The number of ether oxygens (including phenoxy) is 2. The molecule has 2 aromatic rings. The van der Waals surface area contributed by atoms with Gasteiger partial charge in [0, 0.05) is 11.6 Å². The molecule has 2 unspecified atom stereocenters. The lowest BCUT2D eigenvalue weighted by Crippen LogP contribution is -2.40. The molecule has 0 saturated heterocycles. The van der Waals surface area contributed by atoms with Crippen LogP contribution in [-0.2, 0) is 4.74 Å². The fourth-order valence-electron chi connectivity index (χ4n) is 2.15. The molecule has 1 aromatic carbocycles. The Balaban J connectivity index is 2.30. The molecule has 0 amide bonds. The Morgan fingerprint density at radius 2 is 1.86 bits per heavy atom. The highest BCUT2D eigenvalue weighted by atomic mass is 79.9. The average Bonchev–Trinajstić information content (AvgIpc) is 2.93. The largest absolute Gasteiger partial charge is 0.466 e. The Morgan fingerprint density at radius 1 is 1.19 bits per heavy atom. The van der Waals surface area contributed by atoms with Gasteiger partial charge in [-0.1, -0.05) is 36.7 Å². The minimum Gasteiger partial charge on any atom is -0.466 e. The van der Waals surface area contributed by atoms with Crippen molar-refractivity contribution in [2.45, 2.75) is 33.1 Å². The Hall–Kier alpha value is -1.40. The summed E-state index contributed by atoms with van der Waals surface area (Å²) in [5, 5.41) is 4.20. The Bertz CT molecular complexity index is 549. The maximum Gasteiger partial charge on any atom is 0.219 e. The summed E-state index contributed by atoms with van der Waals surface area (Å²) >= 11 is 3.42. The molecule has 0 aliphatic carbocycles. The Kier molecular flexibility index (Phi) is 5.00. The van der Waals surface area contributed by atoms with Gasteiger partial charge in [-0.05, 0) is 29.7 Å². The van der Waals surface area contributed by atoms with Gasteiger partial charge in [-0.2, -0.15) is 5.10 Å². The zero-order chi connectivity index (χ0) is 15.5. The van der Waals surface area contributed by atoms with Crippen LogP contribution in [0.5, 0.6) is 5.75 Å². The van der Waals surface area contributed by atoms with Crippen molar-refractivity contribution in [3.63, 3.8) is 0 Å². The summed E-state index contributed by atoms with van der Waals surface area (Å²) in [7, 11) is 1.69. The maximum atomic E-state index is 6.11. The molecule has 21 heavy (non-hydrogen) atoms. The topological polar surface area (TPSA) is 49.2 Å². The van der Waals surface area contributed by atoms with Gasteiger partial charge in [0.1, 0.15) is 24.5 Å². The van der Waals surface area contributed by atoms with Gasteiger partial charge in [0.25, 0.3) is 0 Å². The van der Waals surface area contributed by atoms with E-state index in [-0.39, 0.29) is 11.5 Å². The molecule has 0 aliphatic heterocycles. The summed E-state index contributed by atoms with van der Waals surface area (Å²) in [4.78, 5) is 4.01. The van der Waals surface area contributed by atoms with E-state index in [0.717, 1.165) is 10.2 Å². The first kappa shape index (κ1) is 16.0. The van der Waals surface area contributed by atoms with Crippen LogP contribution in [-0.4, -0.2) is 28.0 Å². The van der Waals surface area contributed by atoms with Crippen LogP contribution in [0.25, 0.3) is 0 Å². The first-order chi connectivity index (χ1) is 9.91. The van der Waals surface area contributed by atoms with Gasteiger partial charge in [-0.25, -0.2) is 9.67 Å². The highest BCUT2D eigenvalue weighted by molar-refractivity contribution is 9.10. The smallest absolute Gasteiger partial charge is 0.219 e. The molecule has 2 rings (SSSR count). The average molecular weight is 354 g/mol. The number of methoxy groups -OCH3 is 1. The molecule has 0 spiro atoms. The second kappa shape index (κ2) is 6.58. The molecule has 0 N–H and O–H groups in total. The molecular weight excluding hydrogens is 334 g/mol. The van der Waals surface area contributed by atoms with Gasteiger partial charge < -0.3 is 9.47 Å². The quantitative estimate of drug-likeness (QED) is 0.822. The predicted octanol–water partition coefficient (Wildman–Crippen LogP) is 3.68. The van der Waals surface area contributed by atoms with Crippen molar-refractivity contribution in [3.05, 3.63) is 41.4 Å². The monoisotopic (exact) mass is 353 g/mol. The summed E-state index contributed by atoms with van der Waals surface area (Å²) in [5.41, 5.74) is -0.110. The SMILES string of the molecule is COC(C(Oc1ccc(Br)cc1)n1cncn1)C(C)(C)C. The second-order valence-corrected chi connectivity index (χ2v) is 6.78. The number of rotatable bonds is 5. The van der Waals surface area contributed by atoms with Crippen molar-refractivity contribution in [2.24, 2.45) is 5.41 Å². The third-order valence-electron chi connectivity index (χ3n) is 3.13. The number of aromatic nitrogens is 3. The molecule has 0 fully saturated rings. The number of benzene rings is 1. The molecule has 5 nitrogen and oxygen atoms in total. The van der Waals surface area contributed by atoms with E-state index in [1.807, 2.05) is 24.3 Å². The molecule has 0 aliphatic rings. The summed E-state index contributed by atoms with van der Waals surface area (Å²) in [5.74, 6) is 0.755. The van der Waals surface area contributed by atoms with Crippen LogP contribution in [0.1, 0.15) is 27.0 Å². The molecule has 114 valence electrons. The first-order valence-corrected chi connectivity index (χ1v) is 7.50. The van der Waals surface area contributed by atoms with Crippen molar-refractivity contribution in [2.75, 3.05) is 7.11 Å². The van der Waals surface area contributed by atoms with Crippen LogP contribution in [0.3, 0.4) is 0 Å². The van der Waals surface area contributed by atoms with Gasteiger partial charge in [0.15, 0.2) is 0 Å². The van der Waals surface area contributed by atoms with Crippen molar-refractivity contribution in [1.29, 1.82) is 0 Å². The molecule has 0 bridgehead atoms. The lowest BCUT2D eigenvalue weighted by molar-refractivity contribution is -0.0958. The number of hydrogen-bond acceptors (Lipinski definition) is 4. The molecule has 6 heteroatoms. The molecule has 0 saturated carbocycles. The van der Waals surface area contributed by atoms with E-state index >= 15 is 0 Å². The van der Waals surface area contributed by atoms with Gasteiger partial charge >= 0.3 is 0 Å². The molecule has 0 radical (unpaired) electrons. The van der Waals surface area contributed by atoms with Crippen molar-refractivity contribution in [1.82, 2.24) is 14.8 Å². The minimum absolute atomic E-state index is 0.110. The second-order valence-electron chi connectivity index (χ2n) is 5.86. The third-order valence-corrected chi connectivity index (χ3v) is 3.66. The Labute approximate surface area is 133 Å². The van der Waals surface area contributed by atoms with E-state index < -0.39 is 6.23 Å². The third kappa shape index (κ3) is 4.04. The zero-order valence-corrected chi connectivity index (χ0v) is 14.2. The number of nitrogens with zero attached hydrogens (tertiary/aromatic N) is 3. The zero-order valence-electron chi connectivity index (χ0n) is 12.7. The fraction of sp³-hybridized carbons (Fsp3) is 0.467. The van der Waals surface area contributed by atoms with Crippen LogP contribution in [0.4, 0.5) is 0 Å². The van der Waals surface area contributed by atoms with E-state index in [4.69, 9.17) is 9.47 Å². The van der Waals surface area contributed by atoms with Gasteiger partial charge in [-0.15, -0.1) is 0 Å². The lowest BCUT2D eigenvalue weighted by atomic mass is 9.88. The first-order valence-electron chi connectivity index (χ1n) is 6.71.